The van der Waals surface area contributed by atoms with E-state index >= 15 is 0 Å². The van der Waals surface area contributed by atoms with Gasteiger partial charge in [0.2, 0.25) is 0 Å². The summed E-state index contributed by atoms with van der Waals surface area (Å²) < 4.78 is 3.05. The molecule has 90 valence electrons. The zero-order valence-electron chi connectivity index (χ0n) is 9.39. The van der Waals surface area contributed by atoms with Crippen LogP contribution in [0.1, 0.15) is 0 Å². The van der Waals surface area contributed by atoms with Crippen LogP contribution in [0.3, 0.4) is 0 Å². The summed E-state index contributed by atoms with van der Waals surface area (Å²) in [6.07, 6.45) is 3.31. The third-order valence-electron chi connectivity index (χ3n) is 2.70. The second kappa shape index (κ2) is 4.30. The molecule has 3 heterocycles. The van der Waals surface area contributed by atoms with Crippen molar-refractivity contribution in [2.75, 3.05) is 0 Å². The lowest BCUT2D eigenvalue weighted by Crippen LogP contribution is -2.22. The van der Waals surface area contributed by atoms with Gasteiger partial charge in [-0.15, -0.1) is 0 Å². The Balaban J connectivity index is 2.43. The van der Waals surface area contributed by atoms with E-state index in [4.69, 9.17) is 0 Å². The molecule has 3 rings (SSSR count). The standard InChI is InChI=1S/C12H10N4OS/c17-12-15(8-18)11-9(4-3-7-14-11)16(12)10-5-1-2-6-13-10/h1-7,18H,8H2. The summed E-state index contributed by atoms with van der Waals surface area (Å²) in [7, 11) is 0. The highest BCUT2D eigenvalue weighted by atomic mass is 32.1. The predicted molar refractivity (Wildman–Crippen MR) is 72.1 cm³/mol. The summed E-state index contributed by atoms with van der Waals surface area (Å²) in [6, 6.07) is 9.08. The summed E-state index contributed by atoms with van der Waals surface area (Å²) >= 11 is 4.17. The smallest absolute Gasteiger partial charge is 0.266 e. The van der Waals surface area contributed by atoms with Gasteiger partial charge in [0.15, 0.2) is 5.65 Å². The lowest BCUT2D eigenvalue weighted by atomic mass is 10.4. The topological polar surface area (TPSA) is 52.7 Å². The van der Waals surface area contributed by atoms with E-state index in [9.17, 15) is 4.79 Å². The molecular weight excluding hydrogens is 248 g/mol. The molecule has 3 aromatic rings. The maximum absolute atomic E-state index is 12.3. The number of fused-ring (bicyclic) bond motifs is 1. The van der Waals surface area contributed by atoms with E-state index in [0.29, 0.717) is 11.5 Å². The Morgan fingerprint density at radius 2 is 1.94 bits per heavy atom. The van der Waals surface area contributed by atoms with Crippen LogP contribution in [0, 0.1) is 0 Å². The zero-order valence-corrected chi connectivity index (χ0v) is 10.3. The molecule has 0 N–H and O–H groups in total. The first-order chi connectivity index (χ1) is 8.83. The number of rotatable bonds is 2. The average molecular weight is 258 g/mol. The molecule has 0 spiro atoms. The molecule has 0 amide bonds. The van der Waals surface area contributed by atoms with Crippen LogP contribution in [0.5, 0.6) is 0 Å². The normalized spacial score (nSPS) is 10.9. The van der Waals surface area contributed by atoms with Crippen LogP contribution in [0.15, 0.2) is 47.5 Å². The molecule has 0 bridgehead atoms. The quantitative estimate of drug-likeness (QED) is 0.708. The van der Waals surface area contributed by atoms with Crippen molar-refractivity contribution in [2.45, 2.75) is 5.88 Å². The average Bonchev–Trinajstić information content (AvgIpc) is 2.71. The molecule has 3 aromatic heterocycles. The Bertz CT molecular complexity index is 748. The van der Waals surface area contributed by atoms with E-state index in [0.717, 1.165) is 5.52 Å². The van der Waals surface area contributed by atoms with E-state index in [-0.39, 0.29) is 11.6 Å². The molecule has 0 unspecified atom stereocenters. The Kier molecular flexibility index (Phi) is 2.64. The van der Waals surface area contributed by atoms with Crippen molar-refractivity contribution in [3.63, 3.8) is 0 Å². The van der Waals surface area contributed by atoms with Crippen LogP contribution in [-0.4, -0.2) is 19.1 Å². The van der Waals surface area contributed by atoms with E-state index in [1.54, 1.807) is 29.1 Å². The van der Waals surface area contributed by atoms with Gasteiger partial charge in [-0.1, -0.05) is 6.07 Å². The van der Waals surface area contributed by atoms with Gasteiger partial charge in [0, 0.05) is 12.4 Å². The SMILES string of the molecule is O=c1n(CS)c2ncccc2n1-c1ccccn1. The van der Waals surface area contributed by atoms with Crippen molar-refractivity contribution < 1.29 is 0 Å². The van der Waals surface area contributed by atoms with Crippen LogP contribution in [-0.2, 0) is 5.88 Å². The van der Waals surface area contributed by atoms with Crippen molar-refractivity contribution in [2.24, 2.45) is 0 Å². The van der Waals surface area contributed by atoms with Gasteiger partial charge >= 0.3 is 5.69 Å². The minimum atomic E-state index is -0.183. The van der Waals surface area contributed by atoms with E-state index < -0.39 is 0 Å². The predicted octanol–water partition coefficient (Wildman–Crippen LogP) is 1.47. The Hall–Kier alpha value is -2.08. The van der Waals surface area contributed by atoms with Gasteiger partial charge in [0.05, 0.1) is 11.4 Å². The van der Waals surface area contributed by atoms with Crippen molar-refractivity contribution >= 4 is 23.8 Å². The van der Waals surface area contributed by atoms with Gasteiger partial charge in [-0.3, -0.25) is 4.57 Å². The van der Waals surface area contributed by atoms with Gasteiger partial charge in [-0.2, -0.15) is 12.6 Å². The first-order valence-corrected chi connectivity index (χ1v) is 6.04. The van der Waals surface area contributed by atoms with E-state index in [1.165, 1.54) is 4.57 Å². The second-order valence-corrected chi connectivity index (χ2v) is 4.00. The van der Waals surface area contributed by atoms with Gasteiger partial charge in [-0.05, 0) is 24.3 Å². The van der Waals surface area contributed by atoms with Crippen LogP contribution in [0.4, 0.5) is 0 Å². The van der Waals surface area contributed by atoms with E-state index in [2.05, 4.69) is 22.6 Å². The summed E-state index contributed by atoms with van der Waals surface area (Å²) in [6.45, 7) is 0. The monoisotopic (exact) mass is 258 g/mol. The highest BCUT2D eigenvalue weighted by Crippen LogP contribution is 2.14. The molecule has 0 aliphatic carbocycles. The molecule has 0 saturated carbocycles. The molecular formula is C12H10N4OS. The number of thiol groups is 1. The van der Waals surface area contributed by atoms with Crippen LogP contribution in [0.25, 0.3) is 17.0 Å². The highest BCUT2D eigenvalue weighted by Gasteiger charge is 2.14. The number of nitrogens with zero attached hydrogens (tertiary/aromatic N) is 4. The maximum atomic E-state index is 12.3. The molecule has 0 aliphatic heterocycles. The highest BCUT2D eigenvalue weighted by molar-refractivity contribution is 7.79. The fraction of sp³-hybridized carbons (Fsp3) is 0.0833. The Morgan fingerprint density at radius 3 is 2.67 bits per heavy atom. The van der Waals surface area contributed by atoms with Gasteiger partial charge in [0.25, 0.3) is 0 Å². The van der Waals surface area contributed by atoms with Gasteiger partial charge in [-0.25, -0.2) is 19.3 Å². The third-order valence-corrected chi connectivity index (χ3v) is 2.99. The summed E-state index contributed by atoms with van der Waals surface area (Å²) in [5, 5.41) is 0. The minimum absolute atomic E-state index is 0.183. The lowest BCUT2D eigenvalue weighted by molar-refractivity contribution is 0.817. The molecule has 0 aromatic carbocycles. The van der Waals surface area contributed by atoms with Gasteiger partial charge in [0.1, 0.15) is 5.82 Å². The van der Waals surface area contributed by atoms with Crippen LogP contribution >= 0.6 is 12.6 Å². The first kappa shape index (κ1) is 11.0. The third kappa shape index (κ3) is 1.53. The number of hydrogen-bond donors (Lipinski definition) is 1. The number of aromatic nitrogens is 4. The number of hydrogen-bond acceptors (Lipinski definition) is 4. The lowest BCUT2D eigenvalue weighted by Gasteiger charge is -2.00. The van der Waals surface area contributed by atoms with Crippen molar-refractivity contribution in [1.82, 2.24) is 19.1 Å². The van der Waals surface area contributed by atoms with Crippen molar-refractivity contribution in [3.05, 3.63) is 53.2 Å². The molecule has 0 saturated heterocycles. The van der Waals surface area contributed by atoms with Crippen LogP contribution < -0.4 is 5.69 Å². The second-order valence-electron chi connectivity index (χ2n) is 3.72. The summed E-state index contributed by atoms with van der Waals surface area (Å²) in [5.74, 6) is 0.868. The molecule has 5 nitrogen and oxygen atoms in total. The molecule has 6 heteroatoms. The number of pyridine rings is 2. The molecule has 18 heavy (non-hydrogen) atoms. The maximum Gasteiger partial charge on any atom is 0.336 e. The molecule has 0 fully saturated rings. The zero-order chi connectivity index (χ0) is 12.5. The summed E-state index contributed by atoms with van der Waals surface area (Å²) in [4.78, 5) is 20.7. The Morgan fingerprint density at radius 1 is 1.11 bits per heavy atom. The molecule has 0 atom stereocenters. The first-order valence-electron chi connectivity index (χ1n) is 5.41. The van der Waals surface area contributed by atoms with Crippen LogP contribution in [0.2, 0.25) is 0 Å². The Labute approximate surface area is 108 Å². The van der Waals surface area contributed by atoms with Crippen molar-refractivity contribution in [1.29, 1.82) is 0 Å². The molecule has 0 radical (unpaired) electrons. The van der Waals surface area contributed by atoms with E-state index in [1.807, 2.05) is 18.2 Å². The summed E-state index contributed by atoms with van der Waals surface area (Å²) in [5.41, 5.74) is 1.16. The fourth-order valence-electron chi connectivity index (χ4n) is 1.92. The minimum Gasteiger partial charge on any atom is -0.266 e. The van der Waals surface area contributed by atoms with Crippen molar-refractivity contribution in [3.8, 4) is 5.82 Å². The molecule has 0 aliphatic rings. The largest absolute Gasteiger partial charge is 0.336 e. The fourth-order valence-corrected chi connectivity index (χ4v) is 2.18. The number of imidazole rings is 1. The van der Waals surface area contributed by atoms with Gasteiger partial charge < -0.3 is 0 Å².